The zero-order chi connectivity index (χ0) is 18.0. The van der Waals surface area contributed by atoms with Crippen LogP contribution in [-0.2, 0) is 19.5 Å². The van der Waals surface area contributed by atoms with Crippen LogP contribution in [0.3, 0.4) is 0 Å². The van der Waals surface area contributed by atoms with Gasteiger partial charge in [0.05, 0.1) is 0 Å². The Balaban J connectivity index is 1.99. The fourth-order valence-corrected chi connectivity index (χ4v) is 3.77. The van der Waals surface area contributed by atoms with Crippen molar-refractivity contribution in [2.75, 3.05) is 13.6 Å². The summed E-state index contributed by atoms with van der Waals surface area (Å²) in [5.41, 5.74) is 13.6. The van der Waals surface area contributed by atoms with Crippen LogP contribution in [0, 0.1) is 6.92 Å². The van der Waals surface area contributed by atoms with Crippen LogP contribution < -0.4 is 5.73 Å². The third-order valence-electron chi connectivity index (χ3n) is 5.16. The summed E-state index contributed by atoms with van der Waals surface area (Å²) in [5.74, 6) is 0. The summed E-state index contributed by atoms with van der Waals surface area (Å²) in [6.07, 6.45) is 7.81. The molecule has 3 nitrogen and oxygen atoms in total. The summed E-state index contributed by atoms with van der Waals surface area (Å²) in [6, 6.07) is 6.85. The van der Waals surface area contributed by atoms with Crippen molar-refractivity contribution in [3.8, 4) is 0 Å². The summed E-state index contributed by atoms with van der Waals surface area (Å²) >= 11 is 0. The Morgan fingerprint density at radius 1 is 1.36 bits per heavy atom. The highest BCUT2D eigenvalue weighted by Crippen LogP contribution is 2.32. The van der Waals surface area contributed by atoms with Crippen LogP contribution in [0.1, 0.15) is 30.2 Å². The van der Waals surface area contributed by atoms with Gasteiger partial charge in [-0.15, -0.1) is 0 Å². The van der Waals surface area contributed by atoms with Crippen molar-refractivity contribution in [2.24, 2.45) is 5.73 Å². The fraction of sp³-hybridized carbons (Fsp3) is 0.364. The molecular weight excluding hydrogens is 306 g/mol. The van der Waals surface area contributed by atoms with Crippen molar-refractivity contribution >= 4 is 10.9 Å². The molecule has 2 aromatic rings. The highest BCUT2D eigenvalue weighted by molar-refractivity contribution is 5.86. The summed E-state index contributed by atoms with van der Waals surface area (Å²) in [6.45, 7) is 11.3. The van der Waals surface area contributed by atoms with Gasteiger partial charge in [-0.2, -0.15) is 0 Å². The molecule has 2 heterocycles. The Bertz CT molecular complexity index is 852. The number of benzene rings is 1. The van der Waals surface area contributed by atoms with E-state index in [4.69, 9.17) is 5.73 Å². The lowest BCUT2D eigenvalue weighted by molar-refractivity contribution is 0.309. The summed E-state index contributed by atoms with van der Waals surface area (Å²) in [5, 5.41) is 1.42. The minimum Gasteiger partial charge on any atom is -0.404 e. The first kappa shape index (κ1) is 17.6. The number of fused-ring (bicyclic) bond motifs is 3. The standard InChI is InChI=1S/C22H29N3/c1-5-18(12-17(3)14-23)8-11-25-21-7-6-16(2)13-19(21)20-15-24(4)10-9-22(20)25/h5-7,12-14H,1,8-11,15,23H2,2-4H3/b17-14-,18-12+. The zero-order valence-electron chi connectivity index (χ0n) is 15.7. The molecule has 0 aliphatic carbocycles. The lowest BCUT2D eigenvalue weighted by atomic mass is 10.0. The largest absolute Gasteiger partial charge is 0.404 e. The van der Waals surface area contributed by atoms with Crippen LogP contribution in [-0.4, -0.2) is 23.1 Å². The van der Waals surface area contributed by atoms with E-state index in [1.807, 2.05) is 13.0 Å². The summed E-state index contributed by atoms with van der Waals surface area (Å²) < 4.78 is 2.52. The zero-order valence-corrected chi connectivity index (χ0v) is 15.7. The molecule has 0 unspecified atom stereocenters. The van der Waals surface area contributed by atoms with E-state index in [-0.39, 0.29) is 0 Å². The van der Waals surface area contributed by atoms with Crippen LogP contribution in [0.5, 0.6) is 0 Å². The molecule has 0 fully saturated rings. The molecule has 1 aromatic heterocycles. The Morgan fingerprint density at radius 3 is 2.88 bits per heavy atom. The van der Waals surface area contributed by atoms with Gasteiger partial charge in [0.15, 0.2) is 0 Å². The smallest absolute Gasteiger partial charge is 0.0486 e. The van der Waals surface area contributed by atoms with Crippen LogP contribution >= 0.6 is 0 Å². The van der Waals surface area contributed by atoms with Gasteiger partial charge < -0.3 is 15.2 Å². The van der Waals surface area contributed by atoms with E-state index in [2.05, 4.69) is 54.3 Å². The summed E-state index contributed by atoms with van der Waals surface area (Å²) in [4.78, 5) is 2.42. The molecule has 3 heteroatoms. The number of nitrogens with two attached hydrogens (primary N) is 1. The molecule has 1 aliphatic heterocycles. The lowest BCUT2D eigenvalue weighted by Gasteiger charge is -2.24. The van der Waals surface area contributed by atoms with E-state index in [0.717, 1.165) is 38.0 Å². The normalized spacial score (nSPS) is 16.3. The number of hydrogen-bond donors (Lipinski definition) is 1. The van der Waals surface area contributed by atoms with Crippen molar-refractivity contribution < 1.29 is 0 Å². The number of nitrogens with zero attached hydrogens (tertiary/aromatic N) is 2. The van der Waals surface area contributed by atoms with Gasteiger partial charge in [0.25, 0.3) is 0 Å². The average molecular weight is 335 g/mol. The van der Waals surface area contributed by atoms with Gasteiger partial charge in [-0.05, 0) is 62.4 Å². The van der Waals surface area contributed by atoms with Crippen molar-refractivity contribution in [3.05, 3.63) is 71.1 Å². The fourth-order valence-electron chi connectivity index (χ4n) is 3.77. The molecule has 0 spiro atoms. The molecule has 0 amide bonds. The SMILES string of the molecule is C=C/C(=C\C(C)=C/N)CCn1c2c(c3cc(C)ccc31)CN(C)CC2. The topological polar surface area (TPSA) is 34.2 Å². The highest BCUT2D eigenvalue weighted by Gasteiger charge is 2.22. The van der Waals surface area contributed by atoms with E-state index < -0.39 is 0 Å². The highest BCUT2D eigenvalue weighted by atomic mass is 15.1. The molecule has 2 N–H and O–H groups in total. The quantitative estimate of drug-likeness (QED) is 0.827. The summed E-state index contributed by atoms with van der Waals surface area (Å²) in [7, 11) is 2.21. The molecule has 0 saturated heterocycles. The number of aryl methyl sites for hydroxylation is 2. The van der Waals surface area contributed by atoms with Crippen LogP contribution in [0.4, 0.5) is 0 Å². The molecule has 0 radical (unpaired) electrons. The number of allylic oxidation sites excluding steroid dienone is 4. The molecule has 0 bridgehead atoms. The molecule has 25 heavy (non-hydrogen) atoms. The molecular formula is C22H29N3. The van der Waals surface area contributed by atoms with Crippen molar-refractivity contribution in [1.82, 2.24) is 9.47 Å². The number of hydrogen-bond acceptors (Lipinski definition) is 2. The third-order valence-corrected chi connectivity index (χ3v) is 5.16. The minimum atomic E-state index is 0.967. The van der Waals surface area contributed by atoms with Crippen LogP contribution in [0.25, 0.3) is 10.9 Å². The van der Waals surface area contributed by atoms with E-state index in [9.17, 15) is 0 Å². The van der Waals surface area contributed by atoms with Gasteiger partial charge in [-0.1, -0.05) is 30.4 Å². The Kier molecular flexibility index (Phi) is 5.14. The first-order valence-electron chi connectivity index (χ1n) is 9.04. The molecule has 0 atom stereocenters. The maximum absolute atomic E-state index is 5.61. The molecule has 3 rings (SSSR count). The minimum absolute atomic E-state index is 0.967. The molecule has 1 aliphatic rings. The van der Waals surface area contributed by atoms with Gasteiger partial charge in [0, 0.05) is 42.7 Å². The first-order chi connectivity index (χ1) is 12.0. The maximum atomic E-state index is 5.61. The van der Waals surface area contributed by atoms with Crippen LogP contribution in [0.2, 0.25) is 0 Å². The van der Waals surface area contributed by atoms with Gasteiger partial charge in [0.2, 0.25) is 0 Å². The van der Waals surface area contributed by atoms with Crippen molar-refractivity contribution in [3.63, 3.8) is 0 Å². The second-order valence-electron chi connectivity index (χ2n) is 7.17. The Morgan fingerprint density at radius 2 is 2.16 bits per heavy atom. The Labute approximate surface area is 151 Å². The van der Waals surface area contributed by atoms with Crippen LogP contribution in [0.15, 0.2) is 54.3 Å². The third kappa shape index (κ3) is 3.57. The van der Waals surface area contributed by atoms with Crippen molar-refractivity contribution in [1.29, 1.82) is 0 Å². The van der Waals surface area contributed by atoms with Gasteiger partial charge in [-0.3, -0.25) is 0 Å². The predicted molar refractivity (Wildman–Crippen MR) is 108 cm³/mol. The van der Waals surface area contributed by atoms with Gasteiger partial charge in [0.1, 0.15) is 0 Å². The van der Waals surface area contributed by atoms with E-state index in [0.29, 0.717) is 0 Å². The second kappa shape index (κ2) is 7.32. The van der Waals surface area contributed by atoms with Gasteiger partial charge >= 0.3 is 0 Å². The lowest BCUT2D eigenvalue weighted by Crippen LogP contribution is -2.27. The predicted octanol–water partition coefficient (Wildman–Crippen LogP) is 4.30. The molecule has 1 aromatic carbocycles. The monoisotopic (exact) mass is 335 g/mol. The number of rotatable bonds is 5. The van der Waals surface area contributed by atoms with Gasteiger partial charge in [-0.25, -0.2) is 0 Å². The van der Waals surface area contributed by atoms with E-state index in [1.165, 1.54) is 33.3 Å². The second-order valence-corrected chi connectivity index (χ2v) is 7.17. The molecule has 132 valence electrons. The maximum Gasteiger partial charge on any atom is 0.0486 e. The van der Waals surface area contributed by atoms with E-state index >= 15 is 0 Å². The van der Waals surface area contributed by atoms with Crippen molar-refractivity contribution in [2.45, 2.75) is 39.8 Å². The Hall–Kier alpha value is -2.26. The average Bonchev–Trinajstić information content (AvgIpc) is 2.90. The van der Waals surface area contributed by atoms with E-state index in [1.54, 1.807) is 6.20 Å². The first-order valence-corrected chi connectivity index (χ1v) is 9.04. The number of aromatic nitrogens is 1. The number of likely N-dealkylation sites (N-methyl/N-ethyl adjacent to an activating group) is 1. The molecule has 0 saturated carbocycles.